The highest BCUT2D eigenvalue weighted by molar-refractivity contribution is 7.90. The fourth-order valence-corrected chi connectivity index (χ4v) is 3.01. The quantitative estimate of drug-likeness (QED) is 0.505. The van der Waals surface area contributed by atoms with E-state index in [9.17, 15) is 23.3 Å². The number of rotatable bonds is 4. The van der Waals surface area contributed by atoms with Gasteiger partial charge >= 0.3 is 0 Å². The number of sulfone groups is 1. The van der Waals surface area contributed by atoms with Gasteiger partial charge in [0.05, 0.1) is 28.2 Å². The van der Waals surface area contributed by atoms with Gasteiger partial charge in [0.2, 0.25) is 20.8 Å². The molecule has 0 bridgehead atoms. The third-order valence-electron chi connectivity index (χ3n) is 3.58. The van der Waals surface area contributed by atoms with Crippen LogP contribution in [-0.2, 0) is 9.84 Å². The number of aromatic nitrogens is 4. The number of fused-ring (bicyclic) bond motifs is 1. The maximum atomic E-state index is 12.8. The van der Waals surface area contributed by atoms with Crippen molar-refractivity contribution in [1.29, 1.82) is 5.26 Å². The number of carbonyl (C=O) groups is 1. The van der Waals surface area contributed by atoms with Crippen LogP contribution in [0.15, 0.2) is 40.4 Å². The third-order valence-corrected chi connectivity index (χ3v) is 4.72. The van der Waals surface area contributed by atoms with Crippen molar-refractivity contribution in [2.45, 2.75) is 11.1 Å². The number of hydrogen-bond donors (Lipinski definition) is 1. The number of carbonyl (C=O) groups excluding carboxylic acids is 1. The monoisotopic (exact) mass is 403 g/mol. The summed E-state index contributed by atoms with van der Waals surface area (Å²) in [6, 6.07) is 8.16. The summed E-state index contributed by atoms with van der Waals surface area (Å²) in [7, 11) is -3.80. The second-order valence-electron chi connectivity index (χ2n) is 5.52. The van der Waals surface area contributed by atoms with Crippen molar-refractivity contribution in [2.75, 3.05) is 6.26 Å². The van der Waals surface area contributed by atoms with E-state index < -0.39 is 37.9 Å². The van der Waals surface area contributed by atoms with Crippen molar-refractivity contribution < 1.29 is 13.2 Å². The van der Waals surface area contributed by atoms with Gasteiger partial charge in [-0.15, -0.1) is 0 Å². The zero-order valence-corrected chi connectivity index (χ0v) is 15.2. The molecule has 2 heterocycles. The molecular formula is C16H10ClN5O4S. The molecule has 3 aromatic rings. The number of hydrogen-bond acceptors (Lipinski definition) is 8. The Morgan fingerprint density at radius 2 is 2.00 bits per heavy atom. The van der Waals surface area contributed by atoms with Gasteiger partial charge < -0.3 is 4.98 Å². The van der Waals surface area contributed by atoms with Gasteiger partial charge in [-0.05, 0) is 12.1 Å². The lowest BCUT2D eigenvalue weighted by molar-refractivity contribution is 0.0970. The standard InChI is InChI=1S/C16H10ClN5O4S/c1-27(25,26)16-19-7-10(17)12(21-16)13(23)9(6-18)14-20-11-5-3-2-4-8(11)15(24)22-14/h2-5,7,9H,1H3,(H,20,22,24)/t9-/m0/s1. The van der Waals surface area contributed by atoms with Crippen LogP contribution in [0.3, 0.4) is 0 Å². The summed E-state index contributed by atoms with van der Waals surface area (Å²) in [4.78, 5) is 38.7. The molecule has 0 fully saturated rings. The van der Waals surface area contributed by atoms with E-state index in [1.807, 2.05) is 0 Å². The van der Waals surface area contributed by atoms with Crippen molar-refractivity contribution >= 4 is 38.1 Å². The molecule has 0 saturated carbocycles. The molecule has 0 radical (unpaired) electrons. The number of benzene rings is 1. The van der Waals surface area contributed by atoms with E-state index in [2.05, 4.69) is 19.9 Å². The Morgan fingerprint density at radius 3 is 2.67 bits per heavy atom. The smallest absolute Gasteiger partial charge is 0.258 e. The Labute approximate surface area is 157 Å². The summed E-state index contributed by atoms with van der Waals surface area (Å²) in [5, 5.41) is 8.92. The molecule has 1 atom stereocenters. The number of H-pyrrole nitrogens is 1. The highest BCUT2D eigenvalue weighted by Crippen LogP contribution is 2.22. The van der Waals surface area contributed by atoms with Crippen LogP contribution < -0.4 is 5.56 Å². The predicted molar refractivity (Wildman–Crippen MR) is 95.2 cm³/mol. The molecule has 0 saturated heterocycles. The van der Waals surface area contributed by atoms with Gasteiger partial charge in [-0.2, -0.15) is 5.26 Å². The predicted octanol–water partition coefficient (Wildman–Crippen LogP) is 1.26. The highest BCUT2D eigenvalue weighted by Gasteiger charge is 2.29. The van der Waals surface area contributed by atoms with Gasteiger partial charge in [-0.25, -0.2) is 23.4 Å². The minimum atomic E-state index is -3.80. The number of nitriles is 1. The van der Waals surface area contributed by atoms with Crippen LogP contribution >= 0.6 is 11.6 Å². The van der Waals surface area contributed by atoms with E-state index in [4.69, 9.17) is 11.6 Å². The molecule has 9 nitrogen and oxygen atoms in total. The molecular weight excluding hydrogens is 394 g/mol. The topological polar surface area (TPSA) is 147 Å². The van der Waals surface area contributed by atoms with Gasteiger partial charge in [0.25, 0.3) is 5.56 Å². The van der Waals surface area contributed by atoms with E-state index in [1.165, 1.54) is 0 Å². The van der Waals surface area contributed by atoms with Crippen molar-refractivity contribution in [3.8, 4) is 6.07 Å². The van der Waals surface area contributed by atoms with Crippen LogP contribution in [-0.4, -0.2) is 40.4 Å². The molecule has 1 N–H and O–H groups in total. The van der Waals surface area contributed by atoms with Crippen LogP contribution in [0.2, 0.25) is 5.02 Å². The fourth-order valence-electron chi connectivity index (χ4n) is 2.32. The van der Waals surface area contributed by atoms with Gasteiger partial charge in [0, 0.05) is 6.26 Å². The molecule has 0 aliphatic carbocycles. The molecule has 0 aliphatic rings. The zero-order chi connectivity index (χ0) is 19.8. The van der Waals surface area contributed by atoms with Gasteiger partial charge in [-0.1, -0.05) is 23.7 Å². The average Bonchev–Trinajstić information content (AvgIpc) is 2.61. The zero-order valence-electron chi connectivity index (χ0n) is 13.7. The molecule has 1 aromatic carbocycles. The number of para-hydroxylation sites is 1. The lowest BCUT2D eigenvalue weighted by Crippen LogP contribution is -2.21. The SMILES string of the molecule is CS(=O)(=O)c1ncc(Cl)c(C(=O)[C@H](C#N)c2nc3ccccc3c(=O)[nH]2)n1. The highest BCUT2D eigenvalue weighted by atomic mass is 35.5. The largest absolute Gasteiger partial charge is 0.308 e. The first-order valence-electron chi connectivity index (χ1n) is 7.37. The van der Waals surface area contributed by atoms with E-state index in [-0.39, 0.29) is 10.8 Å². The number of nitrogens with one attached hydrogen (secondary N) is 1. The van der Waals surface area contributed by atoms with Gasteiger partial charge in [-0.3, -0.25) is 9.59 Å². The third kappa shape index (κ3) is 3.55. The maximum Gasteiger partial charge on any atom is 0.258 e. The van der Waals surface area contributed by atoms with Crippen LogP contribution in [0.4, 0.5) is 0 Å². The van der Waals surface area contributed by atoms with Crippen molar-refractivity contribution in [3.05, 3.63) is 57.4 Å². The Balaban J connectivity index is 2.14. The summed E-state index contributed by atoms with van der Waals surface area (Å²) < 4.78 is 23.2. The fraction of sp³-hybridized carbons (Fsp3) is 0.125. The number of halogens is 1. The molecule has 2 aromatic heterocycles. The van der Waals surface area contributed by atoms with E-state index >= 15 is 0 Å². The molecule has 136 valence electrons. The Kier molecular flexibility index (Phi) is 4.73. The van der Waals surface area contributed by atoms with Crippen molar-refractivity contribution in [1.82, 2.24) is 19.9 Å². The number of Topliss-reactive ketones (excluding diaryl/α,β-unsaturated/α-hetero) is 1. The lowest BCUT2D eigenvalue weighted by Gasteiger charge is -2.10. The Bertz CT molecular complexity index is 1280. The molecule has 0 aliphatic heterocycles. The van der Waals surface area contributed by atoms with Crippen molar-refractivity contribution in [3.63, 3.8) is 0 Å². The molecule has 11 heteroatoms. The number of ketones is 1. The summed E-state index contributed by atoms with van der Waals surface area (Å²) in [6.07, 6.45) is 1.83. The first kappa shape index (κ1) is 18.6. The first-order valence-corrected chi connectivity index (χ1v) is 9.64. The second-order valence-corrected chi connectivity index (χ2v) is 7.83. The average molecular weight is 404 g/mol. The van der Waals surface area contributed by atoms with Crippen LogP contribution in [0.1, 0.15) is 22.2 Å². The summed E-state index contributed by atoms with van der Waals surface area (Å²) in [5.74, 6) is -2.64. The van der Waals surface area contributed by atoms with Gasteiger partial charge in [0.1, 0.15) is 11.5 Å². The van der Waals surface area contributed by atoms with Crippen molar-refractivity contribution in [2.24, 2.45) is 0 Å². The van der Waals surface area contributed by atoms with Crippen LogP contribution in [0.5, 0.6) is 0 Å². The Hall–Kier alpha value is -3.16. The molecule has 3 rings (SSSR count). The van der Waals surface area contributed by atoms with E-state index in [1.54, 1.807) is 30.3 Å². The molecule has 0 amide bonds. The molecule has 0 spiro atoms. The Morgan fingerprint density at radius 1 is 1.30 bits per heavy atom. The lowest BCUT2D eigenvalue weighted by atomic mass is 10.0. The van der Waals surface area contributed by atoms with E-state index in [0.29, 0.717) is 10.9 Å². The second kappa shape index (κ2) is 6.86. The minimum Gasteiger partial charge on any atom is -0.308 e. The normalized spacial score (nSPS) is 12.5. The maximum absolute atomic E-state index is 12.8. The number of nitrogens with zero attached hydrogens (tertiary/aromatic N) is 4. The van der Waals surface area contributed by atoms with Gasteiger partial charge in [0.15, 0.2) is 5.92 Å². The van der Waals surface area contributed by atoms with Crippen LogP contribution in [0, 0.1) is 11.3 Å². The number of aromatic amines is 1. The first-order chi connectivity index (χ1) is 12.7. The minimum absolute atomic E-state index is 0.193. The molecule has 27 heavy (non-hydrogen) atoms. The molecule has 0 unspecified atom stereocenters. The van der Waals surface area contributed by atoms with E-state index in [0.717, 1.165) is 12.5 Å². The summed E-state index contributed by atoms with van der Waals surface area (Å²) in [5.41, 5.74) is -0.668. The summed E-state index contributed by atoms with van der Waals surface area (Å²) >= 11 is 5.91. The summed E-state index contributed by atoms with van der Waals surface area (Å²) in [6.45, 7) is 0. The van der Waals surface area contributed by atoms with Crippen LogP contribution in [0.25, 0.3) is 10.9 Å².